The highest BCUT2D eigenvalue weighted by Crippen LogP contribution is 2.30. The summed E-state index contributed by atoms with van der Waals surface area (Å²) in [7, 11) is 1.87. The lowest BCUT2D eigenvalue weighted by molar-refractivity contribution is 0.288. The highest BCUT2D eigenvalue weighted by Gasteiger charge is 2.06. The lowest BCUT2D eigenvalue weighted by Crippen LogP contribution is -2.06. The third kappa shape index (κ3) is 3.40. The zero-order valence-electron chi connectivity index (χ0n) is 12.1. The van der Waals surface area contributed by atoms with Gasteiger partial charge in [-0.3, -0.25) is 4.68 Å². The maximum Gasteiger partial charge on any atom is 0.163 e. The molecule has 1 aromatic heterocycles. The van der Waals surface area contributed by atoms with Crippen LogP contribution in [0.4, 0.5) is 5.69 Å². The van der Waals surface area contributed by atoms with Crippen molar-refractivity contribution in [3.63, 3.8) is 0 Å². The average Bonchev–Trinajstić information content (AvgIpc) is 2.85. The van der Waals surface area contributed by atoms with E-state index in [4.69, 9.17) is 9.47 Å². The van der Waals surface area contributed by atoms with Crippen LogP contribution in [-0.2, 0) is 13.6 Å². The molecule has 0 fully saturated rings. The van der Waals surface area contributed by atoms with Crippen LogP contribution in [0.5, 0.6) is 11.5 Å². The highest BCUT2D eigenvalue weighted by molar-refractivity contribution is 5.54. The zero-order chi connectivity index (χ0) is 14.4. The van der Waals surface area contributed by atoms with Crippen LogP contribution in [0, 0.1) is 0 Å². The molecule has 0 saturated carbocycles. The molecular formula is C14H20N4O2. The first-order chi connectivity index (χ1) is 9.74. The summed E-state index contributed by atoms with van der Waals surface area (Å²) in [5.74, 6) is 1.52. The summed E-state index contributed by atoms with van der Waals surface area (Å²) in [6.07, 6.45) is 1.74. The summed E-state index contributed by atoms with van der Waals surface area (Å²) in [6, 6.07) is 5.83. The number of rotatable bonds is 7. The zero-order valence-corrected chi connectivity index (χ0v) is 12.1. The van der Waals surface area contributed by atoms with Crippen LogP contribution < -0.4 is 14.8 Å². The molecule has 0 spiro atoms. The van der Waals surface area contributed by atoms with Gasteiger partial charge in [0.25, 0.3) is 0 Å². The Balaban J connectivity index is 2.08. The van der Waals surface area contributed by atoms with Crippen molar-refractivity contribution >= 4 is 5.69 Å². The molecule has 2 rings (SSSR count). The van der Waals surface area contributed by atoms with Crippen molar-refractivity contribution in [1.29, 1.82) is 0 Å². The average molecular weight is 276 g/mol. The maximum absolute atomic E-state index is 5.60. The van der Waals surface area contributed by atoms with Crippen LogP contribution in [-0.4, -0.2) is 28.2 Å². The van der Waals surface area contributed by atoms with Crippen molar-refractivity contribution in [2.24, 2.45) is 7.05 Å². The number of hydrogen-bond acceptors (Lipinski definition) is 5. The second kappa shape index (κ2) is 6.79. The van der Waals surface area contributed by atoms with E-state index in [0.29, 0.717) is 19.8 Å². The first-order valence-corrected chi connectivity index (χ1v) is 6.71. The molecule has 1 N–H and O–H groups in total. The van der Waals surface area contributed by atoms with Crippen molar-refractivity contribution in [2.45, 2.75) is 20.4 Å². The second-order valence-corrected chi connectivity index (χ2v) is 4.23. The molecule has 1 aromatic carbocycles. The molecule has 1 heterocycles. The molecule has 0 aliphatic carbocycles. The largest absolute Gasteiger partial charge is 0.490 e. The Labute approximate surface area is 118 Å². The number of aromatic nitrogens is 3. The molecule has 20 heavy (non-hydrogen) atoms. The van der Waals surface area contributed by atoms with Crippen LogP contribution >= 0.6 is 0 Å². The number of anilines is 1. The van der Waals surface area contributed by atoms with E-state index >= 15 is 0 Å². The predicted octanol–water partition coefficient (Wildman–Crippen LogP) is 2.22. The number of hydrogen-bond donors (Lipinski definition) is 1. The van der Waals surface area contributed by atoms with Gasteiger partial charge in [-0.2, -0.15) is 0 Å². The van der Waals surface area contributed by atoms with E-state index in [9.17, 15) is 0 Å². The van der Waals surface area contributed by atoms with E-state index in [2.05, 4.69) is 15.6 Å². The van der Waals surface area contributed by atoms with E-state index < -0.39 is 0 Å². The van der Waals surface area contributed by atoms with Crippen LogP contribution in [0.2, 0.25) is 0 Å². The van der Waals surface area contributed by atoms with Gasteiger partial charge in [-0.25, -0.2) is 0 Å². The lowest BCUT2D eigenvalue weighted by Gasteiger charge is -2.13. The normalized spacial score (nSPS) is 10.3. The Hall–Kier alpha value is -2.24. The number of ether oxygens (including phenoxy) is 2. The van der Waals surface area contributed by atoms with Gasteiger partial charge in [0, 0.05) is 18.8 Å². The topological polar surface area (TPSA) is 61.2 Å². The fourth-order valence-electron chi connectivity index (χ4n) is 1.82. The smallest absolute Gasteiger partial charge is 0.163 e. The maximum atomic E-state index is 5.60. The van der Waals surface area contributed by atoms with Crippen LogP contribution in [0.3, 0.4) is 0 Å². The monoisotopic (exact) mass is 276 g/mol. The molecule has 108 valence electrons. The molecule has 0 saturated heterocycles. The minimum Gasteiger partial charge on any atom is -0.490 e. The van der Waals surface area contributed by atoms with Gasteiger partial charge in [0.05, 0.1) is 31.6 Å². The third-order valence-corrected chi connectivity index (χ3v) is 2.83. The molecule has 0 amide bonds. The summed E-state index contributed by atoms with van der Waals surface area (Å²) in [4.78, 5) is 0. The van der Waals surface area contributed by atoms with Crippen molar-refractivity contribution in [3.8, 4) is 11.5 Å². The summed E-state index contributed by atoms with van der Waals surface area (Å²) in [5.41, 5.74) is 1.98. The summed E-state index contributed by atoms with van der Waals surface area (Å²) in [5, 5.41) is 11.1. The van der Waals surface area contributed by atoms with Crippen LogP contribution in [0.25, 0.3) is 0 Å². The first-order valence-electron chi connectivity index (χ1n) is 6.71. The number of benzene rings is 1. The Bertz CT molecular complexity index is 554. The number of nitrogens with one attached hydrogen (secondary N) is 1. The number of nitrogens with zero attached hydrogens (tertiary/aromatic N) is 3. The molecule has 6 heteroatoms. The van der Waals surface area contributed by atoms with E-state index in [1.54, 1.807) is 10.9 Å². The lowest BCUT2D eigenvalue weighted by atomic mass is 10.2. The summed E-state index contributed by atoms with van der Waals surface area (Å²) < 4.78 is 12.9. The quantitative estimate of drug-likeness (QED) is 0.840. The second-order valence-electron chi connectivity index (χ2n) is 4.23. The van der Waals surface area contributed by atoms with Gasteiger partial charge in [0.1, 0.15) is 0 Å². The third-order valence-electron chi connectivity index (χ3n) is 2.83. The highest BCUT2D eigenvalue weighted by atomic mass is 16.5. The molecule has 6 nitrogen and oxygen atoms in total. The van der Waals surface area contributed by atoms with Gasteiger partial charge in [0.15, 0.2) is 11.5 Å². The van der Waals surface area contributed by atoms with E-state index in [1.165, 1.54) is 0 Å². The van der Waals surface area contributed by atoms with Crippen molar-refractivity contribution in [3.05, 3.63) is 30.1 Å². The SMILES string of the molecule is CCOc1ccc(NCc2cnnn2C)cc1OCC. The first kappa shape index (κ1) is 14.2. The Morgan fingerprint density at radius 1 is 1.15 bits per heavy atom. The fraction of sp³-hybridized carbons (Fsp3) is 0.429. The minimum absolute atomic E-state index is 0.606. The molecule has 0 bridgehead atoms. The molecule has 0 radical (unpaired) electrons. The molecule has 2 aromatic rings. The number of aryl methyl sites for hydroxylation is 1. The fourth-order valence-corrected chi connectivity index (χ4v) is 1.82. The molecule has 0 aliphatic heterocycles. The molecule has 0 atom stereocenters. The Morgan fingerprint density at radius 3 is 2.55 bits per heavy atom. The standard InChI is InChI=1S/C14H20N4O2/c1-4-19-13-7-6-11(8-14(13)20-5-2)15-9-12-10-16-17-18(12)3/h6-8,10,15H,4-5,9H2,1-3H3. The molecule has 0 aliphatic rings. The van der Waals surface area contributed by atoms with Gasteiger partial charge in [-0.05, 0) is 26.0 Å². The van der Waals surface area contributed by atoms with E-state index in [1.807, 2.05) is 39.1 Å². The van der Waals surface area contributed by atoms with Crippen molar-refractivity contribution < 1.29 is 9.47 Å². The van der Waals surface area contributed by atoms with Gasteiger partial charge >= 0.3 is 0 Å². The predicted molar refractivity (Wildman–Crippen MR) is 77.1 cm³/mol. The minimum atomic E-state index is 0.606. The van der Waals surface area contributed by atoms with Gasteiger partial charge in [-0.1, -0.05) is 5.21 Å². The summed E-state index contributed by atoms with van der Waals surface area (Å²) in [6.45, 7) is 5.79. The van der Waals surface area contributed by atoms with Crippen LogP contribution in [0.15, 0.2) is 24.4 Å². The molecular weight excluding hydrogens is 256 g/mol. The Kier molecular flexibility index (Phi) is 4.81. The van der Waals surface area contributed by atoms with Gasteiger partial charge < -0.3 is 14.8 Å². The van der Waals surface area contributed by atoms with Crippen molar-refractivity contribution in [1.82, 2.24) is 15.0 Å². The van der Waals surface area contributed by atoms with E-state index in [-0.39, 0.29) is 0 Å². The summed E-state index contributed by atoms with van der Waals surface area (Å²) >= 11 is 0. The van der Waals surface area contributed by atoms with Gasteiger partial charge in [-0.15, -0.1) is 5.10 Å². The van der Waals surface area contributed by atoms with Gasteiger partial charge in [0.2, 0.25) is 0 Å². The molecule has 0 unspecified atom stereocenters. The van der Waals surface area contributed by atoms with Crippen LogP contribution in [0.1, 0.15) is 19.5 Å². The van der Waals surface area contributed by atoms with Crippen molar-refractivity contribution in [2.75, 3.05) is 18.5 Å². The van der Waals surface area contributed by atoms with E-state index in [0.717, 1.165) is 22.9 Å². The Morgan fingerprint density at radius 2 is 1.90 bits per heavy atom.